The fourth-order valence-corrected chi connectivity index (χ4v) is 2.23. The maximum Gasteiger partial charge on any atom is 0.119 e. The monoisotopic (exact) mass is 264 g/mol. The molecule has 3 N–H and O–H groups in total. The van der Waals surface area contributed by atoms with Gasteiger partial charge >= 0.3 is 0 Å². The molecule has 1 aromatic rings. The Morgan fingerprint density at radius 2 is 1.79 bits per heavy atom. The van der Waals surface area contributed by atoms with E-state index < -0.39 is 0 Å². The van der Waals surface area contributed by atoms with E-state index in [-0.39, 0.29) is 6.04 Å². The van der Waals surface area contributed by atoms with Crippen LogP contribution in [0.2, 0.25) is 0 Å². The molecule has 0 radical (unpaired) electrons. The molecule has 1 unspecified atom stereocenters. The molecule has 0 aliphatic heterocycles. The average molecular weight is 264 g/mol. The predicted molar refractivity (Wildman–Crippen MR) is 81.7 cm³/mol. The van der Waals surface area contributed by atoms with Gasteiger partial charge in [0, 0.05) is 19.1 Å². The molecular weight excluding hydrogens is 236 g/mol. The summed E-state index contributed by atoms with van der Waals surface area (Å²) in [7, 11) is 0. The number of benzene rings is 1. The minimum absolute atomic E-state index is 0.237. The van der Waals surface area contributed by atoms with Gasteiger partial charge in [0.05, 0.1) is 0 Å². The lowest BCUT2D eigenvalue weighted by atomic mass is 10.0. The number of ether oxygens (including phenoxy) is 1. The zero-order chi connectivity index (χ0) is 14.3. The average Bonchev–Trinajstić information content (AvgIpc) is 2.26. The molecule has 1 atom stereocenters. The van der Waals surface area contributed by atoms with E-state index in [0.29, 0.717) is 12.5 Å². The van der Waals surface area contributed by atoms with Crippen molar-refractivity contribution in [3.05, 3.63) is 29.3 Å². The molecule has 0 aromatic heterocycles. The van der Waals surface area contributed by atoms with Crippen molar-refractivity contribution in [2.75, 3.05) is 19.7 Å². The zero-order valence-corrected chi connectivity index (χ0v) is 12.7. The summed E-state index contributed by atoms with van der Waals surface area (Å²) in [6.07, 6.45) is 1.06. The molecule has 0 bridgehead atoms. The third-order valence-corrected chi connectivity index (χ3v) is 2.92. The summed E-state index contributed by atoms with van der Waals surface area (Å²) in [4.78, 5) is 0. The Morgan fingerprint density at radius 3 is 2.37 bits per heavy atom. The second-order valence-corrected chi connectivity index (χ2v) is 5.77. The van der Waals surface area contributed by atoms with Gasteiger partial charge in [0.25, 0.3) is 0 Å². The van der Waals surface area contributed by atoms with Crippen LogP contribution in [0, 0.1) is 19.8 Å². The van der Waals surface area contributed by atoms with Crippen LogP contribution in [0.5, 0.6) is 5.75 Å². The molecule has 0 aliphatic carbocycles. The molecule has 0 spiro atoms. The van der Waals surface area contributed by atoms with Crippen molar-refractivity contribution >= 4 is 0 Å². The Balaban J connectivity index is 2.17. The Labute approximate surface area is 117 Å². The van der Waals surface area contributed by atoms with Gasteiger partial charge in [0.1, 0.15) is 12.4 Å². The van der Waals surface area contributed by atoms with Gasteiger partial charge in [-0.25, -0.2) is 0 Å². The molecule has 0 fully saturated rings. The molecule has 1 rings (SSSR count). The number of nitrogens with one attached hydrogen (secondary N) is 1. The van der Waals surface area contributed by atoms with Gasteiger partial charge in [-0.3, -0.25) is 0 Å². The summed E-state index contributed by atoms with van der Waals surface area (Å²) in [6.45, 7) is 10.9. The van der Waals surface area contributed by atoms with Crippen molar-refractivity contribution in [2.45, 2.75) is 40.2 Å². The van der Waals surface area contributed by atoms with Crippen LogP contribution in [0.25, 0.3) is 0 Å². The van der Waals surface area contributed by atoms with Crippen LogP contribution in [0.3, 0.4) is 0 Å². The molecule has 0 amide bonds. The Kier molecular flexibility index (Phi) is 6.89. The predicted octanol–water partition coefficient (Wildman–Crippen LogP) is 2.65. The van der Waals surface area contributed by atoms with E-state index in [4.69, 9.17) is 10.5 Å². The van der Waals surface area contributed by atoms with Crippen molar-refractivity contribution in [1.29, 1.82) is 0 Å². The summed E-state index contributed by atoms with van der Waals surface area (Å²) >= 11 is 0. The van der Waals surface area contributed by atoms with Gasteiger partial charge in [-0.1, -0.05) is 19.9 Å². The largest absolute Gasteiger partial charge is 0.492 e. The molecular formula is C16H28N2O. The number of nitrogens with two attached hydrogens (primary N) is 1. The zero-order valence-electron chi connectivity index (χ0n) is 12.7. The molecule has 3 heteroatoms. The normalized spacial score (nSPS) is 12.7. The summed E-state index contributed by atoms with van der Waals surface area (Å²) in [6, 6.07) is 6.52. The summed E-state index contributed by atoms with van der Waals surface area (Å²) in [5, 5.41) is 3.34. The minimum Gasteiger partial charge on any atom is -0.492 e. The van der Waals surface area contributed by atoms with Crippen LogP contribution in [-0.4, -0.2) is 25.7 Å². The molecule has 0 aliphatic rings. The summed E-state index contributed by atoms with van der Waals surface area (Å²) < 4.78 is 5.73. The van der Waals surface area contributed by atoms with Gasteiger partial charge in [-0.2, -0.15) is 0 Å². The highest BCUT2D eigenvalue weighted by atomic mass is 16.5. The van der Waals surface area contributed by atoms with Gasteiger partial charge in [-0.15, -0.1) is 0 Å². The molecule has 108 valence electrons. The number of rotatable bonds is 8. The van der Waals surface area contributed by atoms with Gasteiger partial charge < -0.3 is 15.8 Å². The maximum absolute atomic E-state index is 6.00. The molecule has 0 saturated carbocycles. The van der Waals surface area contributed by atoms with Crippen molar-refractivity contribution in [1.82, 2.24) is 5.32 Å². The number of hydrogen-bond donors (Lipinski definition) is 2. The van der Waals surface area contributed by atoms with Crippen molar-refractivity contribution in [3.8, 4) is 5.75 Å². The summed E-state index contributed by atoms with van der Waals surface area (Å²) in [5.74, 6) is 1.61. The minimum atomic E-state index is 0.237. The number of hydrogen-bond acceptors (Lipinski definition) is 3. The Morgan fingerprint density at radius 1 is 1.16 bits per heavy atom. The van der Waals surface area contributed by atoms with Crippen LogP contribution in [0.15, 0.2) is 18.2 Å². The highest BCUT2D eigenvalue weighted by Crippen LogP contribution is 2.15. The van der Waals surface area contributed by atoms with Crippen molar-refractivity contribution in [3.63, 3.8) is 0 Å². The molecule has 3 nitrogen and oxygen atoms in total. The Bertz CT molecular complexity index is 357. The first kappa shape index (κ1) is 16.0. The van der Waals surface area contributed by atoms with E-state index in [9.17, 15) is 0 Å². The molecule has 0 heterocycles. The smallest absolute Gasteiger partial charge is 0.119 e. The standard InChI is InChI=1S/C16H28N2O/c1-12(2)7-15(17)11-18-5-6-19-16-9-13(3)8-14(4)10-16/h8-10,12,15,18H,5-7,11,17H2,1-4H3. The van der Waals surface area contributed by atoms with Crippen LogP contribution < -0.4 is 15.8 Å². The van der Waals surface area contributed by atoms with Crippen LogP contribution >= 0.6 is 0 Å². The van der Waals surface area contributed by atoms with Gasteiger partial charge in [0.2, 0.25) is 0 Å². The fraction of sp³-hybridized carbons (Fsp3) is 0.625. The fourth-order valence-electron chi connectivity index (χ4n) is 2.23. The van der Waals surface area contributed by atoms with Crippen molar-refractivity contribution < 1.29 is 4.74 Å². The van der Waals surface area contributed by atoms with Crippen molar-refractivity contribution in [2.24, 2.45) is 11.7 Å². The first-order valence-electron chi connectivity index (χ1n) is 7.14. The third-order valence-electron chi connectivity index (χ3n) is 2.92. The molecule has 1 aromatic carbocycles. The molecule has 19 heavy (non-hydrogen) atoms. The Hall–Kier alpha value is -1.06. The topological polar surface area (TPSA) is 47.3 Å². The molecule has 0 saturated heterocycles. The second-order valence-electron chi connectivity index (χ2n) is 5.77. The third kappa shape index (κ3) is 7.19. The van der Waals surface area contributed by atoms with E-state index in [0.717, 1.165) is 25.3 Å². The van der Waals surface area contributed by atoms with E-state index in [1.807, 2.05) is 0 Å². The van der Waals surface area contributed by atoms with Crippen LogP contribution in [-0.2, 0) is 0 Å². The highest BCUT2D eigenvalue weighted by molar-refractivity contribution is 5.32. The first-order valence-corrected chi connectivity index (χ1v) is 7.14. The van der Waals surface area contributed by atoms with Gasteiger partial charge in [-0.05, 0) is 49.4 Å². The van der Waals surface area contributed by atoms with Crippen LogP contribution in [0.1, 0.15) is 31.4 Å². The second kappa shape index (κ2) is 8.18. The van der Waals surface area contributed by atoms with E-state index in [1.165, 1.54) is 11.1 Å². The maximum atomic E-state index is 6.00. The summed E-state index contributed by atoms with van der Waals surface area (Å²) in [5.41, 5.74) is 8.48. The quantitative estimate of drug-likeness (QED) is 0.710. The van der Waals surface area contributed by atoms with E-state index in [1.54, 1.807) is 0 Å². The lowest BCUT2D eigenvalue weighted by Crippen LogP contribution is -2.36. The first-order chi connectivity index (χ1) is 8.97. The van der Waals surface area contributed by atoms with Gasteiger partial charge in [0.15, 0.2) is 0 Å². The SMILES string of the molecule is Cc1cc(C)cc(OCCNCC(N)CC(C)C)c1. The lowest BCUT2D eigenvalue weighted by Gasteiger charge is -2.15. The lowest BCUT2D eigenvalue weighted by molar-refractivity contribution is 0.310. The van der Waals surface area contributed by atoms with E-state index in [2.05, 4.69) is 51.2 Å². The van der Waals surface area contributed by atoms with E-state index >= 15 is 0 Å². The highest BCUT2D eigenvalue weighted by Gasteiger charge is 2.04. The van der Waals surface area contributed by atoms with Crippen LogP contribution in [0.4, 0.5) is 0 Å². The number of aryl methyl sites for hydroxylation is 2.